The maximum Gasteiger partial charge on any atom is 0.164 e. The van der Waals surface area contributed by atoms with Gasteiger partial charge >= 0.3 is 0 Å². The van der Waals surface area contributed by atoms with Crippen LogP contribution in [0.4, 0.5) is 0 Å². The maximum atomic E-state index is 9.53. The van der Waals surface area contributed by atoms with E-state index in [2.05, 4.69) is 194 Å². The van der Waals surface area contributed by atoms with Crippen molar-refractivity contribution in [2.45, 2.75) is 5.41 Å². The lowest BCUT2D eigenvalue weighted by atomic mass is 9.63. The fourth-order valence-electron chi connectivity index (χ4n) is 9.71. The minimum atomic E-state index is -0.579. The molecule has 0 bridgehead atoms. The van der Waals surface area contributed by atoms with Crippen LogP contribution in [0.25, 0.3) is 77.6 Å². The van der Waals surface area contributed by atoms with Crippen molar-refractivity contribution in [1.29, 1.82) is 5.26 Å². The first-order chi connectivity index (χ1) is 31.7. The number of nitriles is 1. The number of para-hydroxylation sites is 1. The topological polar surface area (TPSA) is 71.7 Å². The molecule has 5 nitrogen and oxygen atoms in total. The highest BCUT2D eigenvalue weighted by Crippen LogP contribution is 2.55. The standard InChI is InChI=1S/C59H36N4O/c60-37-38-23-25-40(26-24-38)56-61-57(63-58(62-56)43-31-33-50-48-19-8-7-17-46(48)47-18-9-10-20-49(47)51(50)35-43)41-29-27-39(28-30-41)42-32-34-53-55(36-42)64-54-22-12-11-21-52(54)59(53,44-13-3-1-4-14-44)45-15-5-2-6-16-45/h1-36H. The molecule has 1 aliphatic heterocycles. The average molecular weight is 817 g/mol. The summed E-state index contributed by atoms with van der Waals surface area (Å²) >= 11 is 0. The summed E-state index contributed by atoms with van der Waals surface area (Å²) in [6.07, 6.45) is 0. The molecule has 64 heavy (non-hydrogen) atoms. The first kappa shape index (κ1) is 37.1. The summed E-state index contributed by atoms with van der Waals surface area (Å²) in [5, 5.41) is 16.7. The number of hydrogen-bond donors (Lipinski definition) is 0. The molecule has 0 radical (unpaired) electrons. The predicted octanol–water partition coefficient (Wildman–Crippen LogP) is 14.4. The van der Waals surface area contributed by atoms with Crippen molar-refractivity contribution in [3.05, 3.63) is 246 Å². The highest BCUT2D eigenvalue weighted by Gasteiger charge is 2.45. The van der Waals surface area contributed by atoms with Crippen LogP contribution in [0, 0.1) is 11.3 Å². The summed E-state index contributed by atoms with van der Waals surface area (Å²) in [6.45, 7) is 0. The molecule has 12 rings (SSSR count). The predicted molar refractivity (Wildman–Crippen MR) is 257 cm³/mol. The summed E-state index contributed by atoms with van der Waals surface area (Å²) in [5.74, 6) is 3.31. The van der Waals surface area contributed by atoms with E-state index in [9.17, 15) is 5.26 Å². The van der Waals surface area contributed by atoms with Crippen LogP contribution in [0.15, 0.2) is 218 Å². The number of ether oxygens (including phenoxy) is 1. The van der Waals surface area contributed by atoms with Gasteiger partial charge in [-0.2, -0.15) is 5.26 Å². The Hall–Kier alpha value is -8.72. The number of hydrogen-bond acceptors (Lipinski definition) is 5. The number of rotatable bonds is 6. The van der Waals surface area contributed by atoms with Crippen LogP contribution in [0.2, 0.25) is 0 Å². The molecule has 0 fully saturated rings. The Morgan fingerprint density at radius 2 is 0.781 bits per heavy atom. The molecular formula is C59H36N4O. The SMILES string of the molecule is N#Cc1ccc(-c2nc(-c3ccc(-c4ccc5c(c4)Oc4ccccc4C5(c4ccccc4)c4ccccc4)cc3)nc(-c3ccc4c5ccccc5c5ccccc5c4c3)n2)cc1. The summed E-state index contributed by atoms with van der Waals surface area (Å²) < 4.78 is 6.78. The lowest BCUT2D eigenvalue weighted by Gasteiger charge is -2.41. The summed E-state index contributed by atoms with van der Waals surface area (Å²) in [6, 6.07) is 78.1. The minimum absolute atomic E-state index is 0.532. The van der Waals surface area contributed by atoms with E-state index in [-0.39, 0.29) is 0 Å². The van der Waals surface area contributed by atoms with Crippen molar-refractivity contribution in [1.82, 2.24) is 15.0 Å². The van der Waals surface area contributed by atoms with Crippen LogP contribution in [0.1, 0.15) is 27.8 Å². The Bertz CT molecular complexity index is 3560. The zero-order chi connectivity index (χ0) is 42.6. The number of benzene rings is 10. The number of fused-ring (bicyclic) bond motifs is 8. The van der Waals surface area contributed by atoms with Crippen LogP contribution in [0.5, 0.6) is 11.5 Å². The van der Waals surface area contributed by atoms with Crippen LogP contribution >= 0.6 is 0 Å². The second-order valence-corrected chi connectivity index (χ2v) is 16.2. The van der Waals surface area contributed by atoms with Crippen molar-refractivity contribution in [2.75, 3.05) is 0 Å². The van der Waals surface area contributed by atoms with Crippen molar-refractivity contribution in [3.8, 4) is 62.9 Å². The van der Waals surface area contributed by atoms with Gasteiger partial charge in [0.1, 0.15) is 11.5 Å². The molecule has 10 aromatic carbocycles. The molecule has 0 saturated heterocycles. The molecule has 2 heterocycles. The smallest absolute Gasteiger partial charge is 0.164 e. The Labute approximate surface area is 370 Å². The molecule has 11 aromatic rings. The zero-order valence-electron chi connectivity index (χ0n) is 34.5. The largest absolute Gasteiger partial charge is 0.457 e. The zero-order valence-corrected chi connectivity index (χ0v) is 34.5. The summed E-state index contributed by atoms with van der Waals surface area (Å²) in [5.41, 5.74) is 9.17. The fourth-order valence-corrected chi connectivity index (χ4v) is 9.71. The Kier molecular flexibility index (Phi) is 8.70. The maximum absolute atomic E-state index is 9.53. The molecule has 0 aliphatic carbocycles. The second-order valence-electron chi connectivity index (χ2n) is 16.2. The molecule has 0 atom stereocenters. The lowest BCUT2D eigenvalue weighted by Crippen LogP contribution is -2.34. The molecule has 0 unspecified atom stereocenters. The van der Waals surface area contributed by atoms with Gasteiger partial charge in [-0.05, 0) is 97.0 Å². The third kappa shape index (κ3) is 5.96. The highest BCUT2D eigenvalue weighted by atomic mass is 16.5. The monoisotopic (exact) mass is 816 g/mol. The van der Waals surface area contributed by atoms with E-state index in [1.165, 1.54) is 38.1 Å². The van der Waals surface area contributed by atoms with Gasteiger partial charge in [0.05, 0.1) is 17.0 Å². The second kappa shape index (κ2) is 15.0. The van der Waals surface area contributed by atoms with Gasteiger partial charge in [-0.25, -0.2) is 15.0 Å². The van der Waals surface area contributed by atoms with Gasteiger partial charge in [-0.15, -0.1) is 0 Å². The molecule has 0 amide bonds. The Morgan fingerprint density at radius 3 is 1.38 bits per heavy atom. The molecule has 5 heteroatoms. The van der Waals surface area contributed by atoms with Crippen LogP contribution in [0.3, 0.4) is 0 Å². The van der Waals surface area contributed by atoms with Gasteiger partial charge < -0.3 is 4.74 Å². The van der Waals surface area contributed by atoms with E-state index in [1.807, 2.05) is 18.2 Å². The molecule has 298 valence electrons. The first-order valence-corrected chi connectivity index (χ1v) is 21.4. The molecule has 0 N–H and O–H groups in total. The van der Waals surface area contributed by atoms with Crippen molar-refractivity contribution < 1.29 is 4.74 Å². The van der Waals surface area contributed by atoms with E-state index >= 15 is 0 Å². The van der Waals surface area contributed by atoms with Gasteiger partial charge in [-0.1, -0.05) is 176 Å². The van der Waals surface area contributed by atoms with Crippen LogP contribution in [-0.4, -0.2) is 15.0 Å². The van der Waals surface area contributed by atoms with E-state index in [4.69, 9.17) is 19.7 Å². The Morgan fingerprint density at radius 1 is 0.344 bits per heavy atom. The van der Waals surface area contributed by atoms with Crippen molar-refractivity contribution >= 4 is 32.3 Å². The van der Waals surface area contributed by atoms with E-state index in [0.717, 1.165) is 55.8 Å². The van der Waals surface area contributed by atoms with Crippen molar-refractivity contribution in [3.63, 3.8) is 0 Å². The van der Waals surface area contributed by atoms with Gasteiger partial charge in [0.25, 0.3) is 0 Å². The highest BCUT2D eigenvalue weighted by molar-refractivity contribution is 6.25. The third-order valence-corrected chi connectivity index (χ3v) is 12.7. The van der Waals surface area contributed by atoms with Gasteiger partial charge in [0.2, 0.25) is 0 Å². The first-order valence-electron chi connectivity index (χ1n) is 21.4. The van der Waals surface area contributed by atoms with E-state index < -0.39 is 5.41 Å². The summed E-state index contributed by atoms with van der Waals surface area (Å²) in [4.78, 5) is 15.2. The van der Waals surface area contributed by atoms with Crippen LogP contribution in [-0.2, 0) is 5.41 Å². The molecule has 1 aliphatic rings. The van der Waals surface area contributed by atoms with E-state index in [0.29, 0.717) is 23.0 Å². The molecule has 0 saturated carbocycles. The van der Waals surface area contributed by atoms with Gasteiger partial charge in [0, 0.05) is 27.8 Å². The Balaban J connectivity index is 0.969. The quantitative estimate of drug-likeness (QED) is 0.156. The fraction of sp³-hybridized carbons (Fsp3) is 0.0169. The molecule has 1 aromatic heterocycles. The third-order valence-electron chi connectivity index (χ3n) is 12.7. The van der Waals surface area contributed by atoms with Gasteiger partial charge in [-0.3, -0.25) is 0 Å². The lowest BCUT2D eigenvalue weighted by molar-refractivity contribution is 0.435. The number of nitrogens with zero attached hydrogens (tertiary/aromatic N) is 4. The van der Waals surface area contributed by atoms with Crippen LogP contribution < -0.4 is 4.74 Å². The number of aromatic nitrogens is 3. The van der Waals surface area contributed by atoms with Crippen molar-refractivity contribution in [2.24, 2.45) is 0 Å². The summed E-state index contributed by atoms with van der Waals surface area (Å²) in [7, 11) is 0. The molecular weight excluding hydrogens is 781 g/mol. The van der Waals surface area contributed by atoms with Gasteiger partial charge in [0.15, 0.2) is 17.5 Å². The normalized spacial score (nSPS) is 12.6. The van der Waals surface area contributed by atoms with E-state index in [1.54, 1.807) is 12.1 Å². The molecule has 0 spiro atoms. The average Bonchev–Trinajstić information content (AvgIpc) is 3.38. The minimum Gasteiger partial charge on any atom is -0.457 e.